The number of hydrogen-bond acceptors (Lipinski definition) is 3. The lowest BCUT2D eigenvalue weighted by atomic mass is 9.99. The Kier molecular flexibility index (Phi) is 8.21. The van der Waals surface area contributed by atoms with E-state index in [1.165, 1.54) is 31.1 Å². The summed E-state index contributed by atoms with van der Waals surface area (Å²) in [4.78, 5) is 14.6. The molecule has 2 aromatic carbocycles. The topological polar surface area (TPSA) is 44.4 Å². The number of carbonyl (C=O) groups excluding carboxylic acids is 1. The lowest BCUT2D eigenvalue weighted by molar-refractivity contribution is -0.137. The predicted molar refractivity (Wildman–Crippen MR) is 124 cm³/mol. The van der Waals surface area contributed by atoms with Crippen molar-refractivity contribution in [2.75, 3.05) is 36.8 Å². The fraction of sp³-hybridized carbons (Fsp3) is 0.375. The van der Waals surface area contributed by atoms with Crippen LogP contribution in [0.1, 0.15) is 30.9 Å². The molecule has 1 aliphatic heterocycles. The monoisotopic (exact) mass is 465 g/mol. The Morgan fingerprint density at radius 2 is 1.78 bits per heavy atom. The van der Waals surface area contributed by atoms with Crippen molar-refractivity contribution in [3.8, 4) is 0 Å². The zero-order valence-electron chi connectivity index (χ0n) is 17.9. The van der Waals surface area contributed by atoms with Crippen LogP contribution in [0.2, 0.25) is 5.02 Å². The van der Waals surface area contributed by atoms with E-state index in [4.69, 9.17) is 11.6 Å². The summed E-state index contributed by atoms with van der Waals surface area (Å²) >= 11 is 5.90. The molecule has 1 amide bonds. The summed E-state index contributed by atoms with van der Waals surface area (Å²) in [7, 11) is 0. The van der Waals surface area contributed by atoms with Crippen LogP contribution in [-0.4, -0.2) is 37.0 Å². The van der Waals surface area contributed by atoms with Gasteiger partial charge >= 0.3 is 6.18 Å². The summed E-state index contributed by atoms with van der Waals surface area (Å²) in [5, 5.41) is 6.04. The molecule has 32 heavy (non-hydrogen) atoms. The van der Waals surface area contributed by atoms with Crippen LogP contribution in [0.25, 0.3) is 6.08 Å². The molecule has 172 valence electrons. The van der Waals surface area contributed by atoms with Crippen molar-refractivity contribution in [2.24, 2.45) is 5.92 Å². The van der Waals surface area contributed by atoms with Gasteiger partial charge in [-0.2, -0.15) is 13.2 Å². The number of piperidine rings is 1. The molecule has 8 heteroatoms. The molecule has 1 fully saturated rings. The van der Waals surface area contributed by atoms with Gasteiger partial charge in [0, 0.05) is 35.6 Å². The Bertz CT molecular complexity index is 936. The molecule has 0 aromatic heterocycles. The van der Waals surface area contributed by atoms with Crippen LogP contribution < -0.4 is 10.6 Å². The van der Waals surface area contributed by atoms with Crippen LogP contribution in [0.15, 0.2) is 48.5 Å². The number of nitrogens with one attached hydrogen (secondary N) is 2. The van der Waals surface area contributed by atoms with E-state index in [9.17, 15) is 18.0 Å². The number of likely N-dealkylation sites (tertiary alicyclic amines) is 1. The normalized spacial score (nSPS) is 15.8. The van der Waals surface area contributed by atoms with Crippen LogP contribution >= 0.6 is 11.6 Å². The summed E-state index contributed by atoms with van der Waals surface area (Å²) in [6.45, 7) is 6.47. The fourth-order valence-electron chi connectivity index (χ4n) is 3.50. The zero-order valence-corrected chi connectivity index (χ0v) is 18.6. The molecule has 0 spiro atoms. The molecule has 0 radical (unpaired) electrons. The number of nitrogens with zero attached hydrogens (tertiary/aromatic N) is 1. The molecule has 0 atom stereocenters. The minimum atomic E-state index is -4.46. The van der Waals surface area contributed by atoms with Crippen LogP contribution in [-0.2, 0) is 11.0 Å². The first-order chi connectivity index (χ1) is 15.2. The smallest absolute Gasteiger partial charge is 0.384 e. The Morgan fingerprint density at radius 1 is 1.12 bits per heavy atom. The molecule has 4 nitrogen and oxygen atoms in total. The maximum absolute atomic E-state index is 12.7. The third kappa shape index (κ3) is 7.28. The standard InChI is InChI=1S/C24H27ClF3N3O/c1-17-10-13-31(14-11-17)15-12-29-20-5-7-21(8-6-20)30-23(32)9-3-18-2-4-19(16-22(18)25)24(26,27)28/h2-9,16-17,29H,10-15H2,1H3,(H,30,32)/b9-3+. The van der Waals surface area contributed by atoms with Gasteiger partial charge in [0.25, 0.3) is 0 Å². The van der Waals surface area contributed by atoms with Gasteiger partial charge in [0.1, 0.15) is 0 Å². The van der Waals surface area contributed by atoms with Crippen molar-refractivity contribution >= 4 is 35.0 Å². The third-order valence-corrected chi connectivity index (χ3v) is 5.86. The van der Waals surface area contributed by atoms with Crippen molar-refractivity contribution < 1.29 is 18.0 Å². The second-order valence-electron chi connectivity index (χ2n) is 8.08. The van der Waals surface area contributed by atoms with Gasteiger partial charge in [-0.15, -0.1) is 0 Å². The molecule has 1 aliphatic rings. The molecule has 0 aliphatic carbocycles. The van der Waals surface area contributed by atoms with Gasteiger partial charge in [0.15, 0.2) is 0 Å². The lowest BCUT2D eigenvalue weighted by Crippen LogP contribution is -2.36. The summed E-state index contributed by atoms with van der Waals surface area (Å²) in [6.07, 6.45) is 0.674. The van der Waals surface area contributed by atoms with Gasteiger partial charge in [0.2, 0.25) is 5.91 Å². The number of rotatable bonds is 7. The average Bonchev–Trinajstić information content (AvgIpc) is 2.75. The van der Waals surface area contributed by atoms with Crippen LogP contribution in [0, 0.1) is 5.92 Å². The first-order valence-corrected chi connectivity index (χ1v) is 11.0. The summed E-state index contributed by atoms with van der Waals surface area (Å²) in [5.74, 6) is 0.421. The van der Waals surface area contributed by atoms with E-state index in [1.807, 2.05) is 12.1 Å². The van der Waals surface area contributed by atoms with Gasteiger partial charge in [-0.05, 0) is 79.9 Å². The first kappa shape index (κ1) is 24.1. The van der Waals surface area contributed by atoms with E-state index in [2.05, 4.69) is 22.5 Å². The Balaban J connectivity index is 1.46. The first-order valence-electron chi connectivity index (χ1n) is 10.6. The van der Waals surface area contributed by atoms with Crippen molar-refractivity contribution in [3.05, 3.63) is 64.7 Å². The highest BCUT2D eigenvalue weighted by Crippen LogP contribution is 2.32. The molecule has 0 unspecified atom stereocenters. The van der Waals surface area contributed by atoms with E-state index >= 15 is 0 Å². The fourth-order valence-corrected chi connectivity index (χ4v) is 3.75. The maximum atomic E-state index is 12.7. The Labute approximate surface area is 191 Å². The molecule has 2 N–H and O–H groups in total. The average molecular weight is 466 g/mol. The second-order valence-corrected chi connectivity index (χ2v) is 8.49. The molecule has 2 aromatic rings. The molecule has 1 saturated heterocycles. The molecule has 0 saturated carbocycles. The van der Waals surface area contributed by atoms with E-state index in [0.29, 0.717) is 11.3 Å². The number of halogens is 4. The maximum Gasteiger partial charge on any atom is 0.416 e. The van der Waals surface area contributed by atoms with Gasteiger partial charge < -0.3 is 15.5 Å². The molecule has 3 rings (SSSR count). The van der Waals surface area contributed by atoms with Gasteiger partial charge in [-0.3, -0.25) is 4.79 Å². The van der Waals surface area contributed by atoms with E-state index < -0.39 is 17.6 Å². The Hall–Kier alpha value is -2.51. The minimum absolute atomic E-state index is 0.0710. The molecule has 0 bridgehead atoms. The van der Waals surface area contributed by atoms with Crippen LogP contribution in [0.5, 0.6) is 0 Å². The quantitative estimate of drug-likeness (QED) is 0.482. The van der Waals surface area contributed by atoms with Crippen molar-refractivity contribution in [2.45, 2.75) is 25.9 Å². The lowest BCUT2D eigenvalue weighted by Gasteiger charge is -2.30. The summed E-state index contributed by atoms with van der Waals surface area (Å²) in [5.41, 5.74) is 1.09. The molecular formula is C24H27ClF3N3O. The largest absolute Gasteiger partial charge is 0.416 e. The molecular weight excluding hydrogens is 439 g/mol. The van der Waals surface area contributed by atoms with Crippen LogP contribution in [0.3, 0.4) is 0 Å². The predicted octanol–water partition coefficient (Wildman–Crippen LogP) is 6.15. The van der Waals surface area contributed by atoms with Crippen LogP contribution in [0.4, 0.5) is 24.5 Å². The van der Waals surface area contributed by atoms with E-state index in [-0.39, 0.29) is 5.02 Å². The molecule has 1 heterocycles. The SMILES string of the molecule is CC1CCN(CCNc2ccc(NC(=O)/C=C/c3ccc(C(F)(F)F)cc3Cl)cc2)CC1. The number of amides is 1. The van der Waals surface area contributed by atoms with E-state index in [0.717, 1.165) is 49.9 Å². The Morgan fingerprint density at radius 3 is 2.41 bits per heavy atom. The number of benzene rings is 2. The third-order valence-electron chi connectivity index (χ3n) is 5.53. The van der Waals surface area contributed by atoms with Gasteiger partial charge in [0.05, 0.1) is 5.56 Å². The van der Waals surface area contributed by atoms with Crippen molar-refractivity contribution in [1.82, 2.24) is 4.90 Å². The van der Waals surface area contributed by atoms with Gasteiger partial charge in [-0.25, -0.2) is 0 Å². The van der Waals surface area contributed by atoms with Gasteiger partial charge in [-0.1, -0.05) is 24.6 Å². The number of alkyl halides is 3. The number of anilines is 2. The highest BCUT2D eigenvalue weighted by Gasteiger charge is 2.30. The highest BCUT2D eigenvalue weighted by atomic mass is 35.5. The van der Waals surface area contributed by atoms with Crippen molar-refractivity contribution in [1.29, 1.82) is 0 Å². The number of hydrogen-bond donors (Lipinski definition) is 2. The highest BCUT2D eigenvalue weighted by molar-refractivity contribution is 6.32. The zero-order chi connectivity index (χ0) is 23.1. The number of carbonyl (C=O) groups is 1. The van der Waals surface area contributed by atoms with E-state index in [1.54, 1.807) is 12.1 Å². The summed E-state index contributed by atoms with van der Waals surface area (Å²) < 4.78 is 38.1. The summed E-state index contributed by atoms with van der Waals surface area (Å²) in [6, 6.07) is 10.4. The second kappa shape index (κ2) is 10.9. The minimum Gasteiger partial charge on any atom is -0.384 e. The van der Waals surface area contributed by atoms with Crippen molar-refractivity contribution in [3.63, 3.8) is 0 Å².